The van der Waals surface area contributed by atoms with E-state index in [9.17, 15) is 9.59 Å². The van der Waals surface area contributed by atoms with Crippen molar-refractivity contribution in [3.8, 4) is 0 Å². The number of hydrogen-bond donors (Lipinski definition) is 1. The van der Waals surface area contributed by atoms with Crippen molar-refractivity contribution in [2.75, 3.05) is 13.7 Å². The standard InChI is InChI=1S/C14H17NO4/c1-3-12-11-5-4-10(13(16)17)8-9(11)6-7-15(12)14(18)19-2/h4-5,8,12H,3,6-7H2,1-2H3,(H,16,17). The molecule has 0 radical (unpaired) electrons. The van der Waals surface area contributed by atoms with Crippen molar-refractivity contribution in [2.45, 2.75) is 25.8 Å². The Morgan fingerprint density at radius 3 is 2.79 bits per heavy atom. The van der Waals surface area contributed by atoms with E-state index in [0.717, 1.165) is 17.5 Å². The maximum atomic E-state index is 11.7. The van der Waals surface area contributed by atoms with Crippen LogP contribution in [0.25, 0.3) is 0 Å². The summed E-state index contributed by atoms with van der Waals surface area (Å²) in [5, 5.41) is 9.00. The molecule has 5 nitrogen and oxygen atoms in total. The van der Waals surface area contributed by atoms with Crippen molar-refractivity contribution < 1.29 is 19.4 Å². The van der Waals surface area contributed by atoms with Gasteiger partial charge in [-0.3, -0.25) is 0 Å². The Kier molecular flexibility index (Phi) is 3.74. The van der Waals surface area contributed by atoms with E-state index in [1.54, 1.807) is 17.0 Å². The largest absolute Gasteiger partial charge is 0.478 e. The van der Waals surface area contributed by atoms with Gasteiger partial charge in [0, 0.05) is 6.54 Å². The van der Waals surface area contributed by atoms with Crippen molar-refractivity contribution in [1.82, 2.24) is 4.90 Å². The number of benzene rings is 1. The lowest BCUT2D eigenvalue weighted by Crippen LogP contribution is -2.39. The molecule has 0 saturated carbocycles. The first-order chi connectivity index (χ1) is 9.08. The molecule has 1 unspecified atom stereocenters. The molecule has 1 amide bonds. The minimum absolute atomic E-state index is 0.0426. The Hall–Kier alpha value is -2.04. The summed E-state index contributed by atoms with van der Waals surface area (Å²) in [6.45, 7) is 2.56. The minimum atomic E-state index is -0.925. The molecule has 1 aromatic rings. The number of methoxy groups -OCH3 is 1. The molecule has 1 N–H and O–H groups in total. The first-order valence-electron chi connectivity index (χ1n) is 6.29. The summed E-state index contributed by atoms with van der Waals surface area (Å²) in [5.41, 5.74) is 2.32. The van der Waals surface area contributed by atoms with Crippen molar-refractivity contribution in [2.24, 2.45) is 0 Å². The van der Waals surface area contributed by atoms with Crippen LogP contribution in [-0.2, 0) is 11.2 Å². The van der Waals surface area contributed by atoms with Gasteiger partial charge < -0.3 is 14.7 Å². The molecule has 0 aromatic heterocycles. The molecular formula is C14H17NO4. The smallest absolute Gasteiger partial charge is 0.410 e. The zero-order valence-corrected chi connectivity index (χ0v) is 11.0. The number of ether oxygens (including phenoxy) is 1. The number of aromatic carboxylic acids is 1. The maximum absolute atomic E-state index is 11.7. The molecule has 1 aliphatic heterocycles. The molecule has 1 heterocycles. The molecule has 2 rings (SSSR count). The minimum Gasteiger partial charge on any atom is -0.478 e. The quantitative estimate of drug-likeness (QED) is 0.890. The fraction of sp³-hybridized carbons (Fsp3) is 0.429. The molecule has 0 spiro atoms. The molecule has 5 heteroatoms. The Bertz CT molecular complexity index is 512. The lowest BCUT2D eigenvalue weighted by atomic mass is 9.90. The lowest BCUT2D eigenvalue weighted by molar-refractivity contribution is 0.0695. The summed E-state index contributed by atoms with van der Waals surface area (Å²) >= 11 is 0. The molecule has 0 saturated heterocycles. The molecule has 1 aliphatic rings. The maximum Gasteiger partial charge on any atom is 0.410 e. The molecule has 19 heavy (non-hydrogen) atoms. The number of nitrogens with zero attached hydrogens (tertiary/aromatic N) is 1. The van der Waals surface area contributed by atoms with Crippen molar-refractivity contribution in [1.29, 1.82) is 0 Å². The van der Waals surface area contributed by atoms with Crippen LogP contribution in [0.2, 0.25) is 0 Å². The first-order valence-corrected chi connectivity index (χ1v) is 6.29. The van der Waals surface area contributed by atoms with E-state index in [2.05, 4.69) is 0 Å². The van der Waals surface area contributed by atoms with Crippen LogP contribution in [0.15, 0.2) is 18.2 Å². The van der Waals surface area contributed by atoms with Gasteiger partial charge in [0.25, 0.3) is 0 Å². The Labute approximate surface area is 111 Å². The zero-order valence-electron chi connectivity index (χ0n) is 11.0. The number of carbonyl (C=O) groups excluding carboxylic acids is 1. The van der Waals surface area contributed by atoms with Crippen LogP contribution in [0, 0.1) is 0 Å². The van der Waals surface area contributed by atoms with Gasteiger partial charge in [-0.15, -0.1) is 0 Å². The van der Waals surface area contributed by atoms with E-state index in [1.807, 2.05) is 13.0 Å². The zero-order chi connectivity index (χ0) is 14.0. The molecule has 1 atom stereocenters. The van der Waals surface area contributed by atoms with Crippen LogP contribution in [0.3, 0.4) is 0 Å². The number of amides is 1. The van der Waals surface area contributed by atoms with Gasteiger partial charge in [-0.2, -0.15) is 0 Å². The van der Waals surface area contributed by atoms with Crippen LogP contribution in [0.4, 0.5) is 4.79 Å². The summed E-state index contributed by atoms with van der Waals surface area (Å²) < 4.78 is 4.79. The lowest BCUT2D eigenvalue weighted by Gasteiger charge is -2.35. The van der Waals surface area contributed by atoms with Gasteiger partial charge in [-0.05, 0) is 36.1 Å². The monoisotopic (exact) mass is 263 g/mol. The second-order valence-electron chi connectivity index (χ2n) is 4.56. The summed E-state index contributed by atoms with van der Waals surface area (Å²) in [7, 11) is 1.37. The summed E-state index contributed by atoms with van der Waals surface area (Å²) in [4.78, 5) is 24.4. The van der Waals surface area contributed by atoms with Crippen molar-refractivity contribution in [3.05, 3.63) is 34.9 Å². The first kappa shape index (κ1) is 13.4. The summed E-state index contributed by atoms with van der Waals surface area (Å²) in [6.07, 6.45) is 1.09. The van der Waals surface area contributed by atoms with Gasteiger partial charge >= 0.3 is 12.1 Å². The van der Waals surface area contributed by atoms with Crippen LogP contribution in [-0.4, -0.2) is 35.7 Å². The average Bonchev–Trinajstić information content (AvgIpc) is 2.44. The van der Waals surface area contributed by atoms with Crippen LogP contribution in [0.5, 0.6) is 0 Å². The number of rotatable bonds is 2. The third-order valence-electron chi connectivity index (χ3n) is 3.54. The van der Waals surface area contributed by atoms with E-state index in [4.69, 9.17) is 9.84 Å². The SMILES string of the molecule is CCC1c2ccc(C(=O)O)cc2CCN1C(=O)OC. The van der Waals surface area contributed by atoms with Crippen LogP contribution < -0.4 is 0 Å². The number of fused-ring (bicyclic) bond motifs is 1. The normalized spacial score (nSPS) is 17.8. The summed E-state index contributed by atoms with van der Waals surface area (Å²) in [5.74, 6) is -0.925. The van der Waals surface area contributed by atoms with Crippen LogP contribution in [0.1, 0.15) is 40.9 Å². The highest BCUT2D eigenvalue weighted by Gasteiger charge is 2.30. The number of hydrogen-bond acceptors (Lipinski definition) is 3. The Morgan fingerprint density at radius 1 is 1.47 bits per heavy atom. The molecule has 1 aromatic carbocycles. The summed E-state index contributed by atoms with van der Waals surface area (Å²) in [6, 6.07) is 5.06. The second kappa shape index (κ2) is 5.30. The fourth-order valence-electron chi connectivity index (χ4n) is 2.62. The number of carboxylic acid groups (broad SMARTS) is 1. The van der Waals surface area contributed by atoms with E-state index in [1.165, 1.54) is 7.11 Å². The molecule has 0 bridgehead atoms. The molecule has 102 valence electrons. The third-order valence-corrected chi connectivity index (χ3v) is 3.54. The van der Waals surface area contributed by atoms with Gasteiger partial charge in [-0.1, -0.05) is 13.0 Å². The third kappa shape index (κ3) is 2.41. The highest BCUT2D eigenvalue weighted by atomic mass is 16.5. The van der Waals surface area contributed by atoms with E-state index in [-0.39, 0.29) is 12.1 Å². The Morgan fingerprint density at radius 2 is 2.21 bits per heavy atom. The Balaban J connectivity index is 2.38. The second-order valence-corrected chi connectivity index (χ2v) is 4.56. The van der Waals surface area contributed by atoms with Crippen LogP contribution >= 0.6 is 0 Å². The van der Waals surface area contributed by atoms with Gasteiger partial charge in [0.2, 0.25) is 0 Å². The van der Waals surface area contributed by atoms with Gasteiger partial charge in [0.05, 0.1) is 18.7 Å². The molecule has 0 fully saturated rings. The van der Waals surface area contributed by atoms with Gasteiger partial charge in [0.15, 0.2) is 0 Å². The van der Waals surface area contributed by atoms with Gasteiger partial charge in [0.1, 0.15) is 0 Å². The van der Waals surface area contributed by atoms with Gasteiger partial charge in [-0.25, -0.2) is 9.59 Å². The van der Waals surface area contributed by atoms with E-state index in [0.29, 0.717) is 18.5 Å². The number of carboxylic acids is 1. The van der Waals surface area contributed by atoms with E-state index < -0.39 is 5.97 Å². The fourth-order valence-corrected chi connectivity index (χ4v) is 2.62. The predicted molar refractivity (Wildman–Crippen MR) is 69.2 cm³/mol. The highest BCUT2D eigenvalue weighted by molar-refractivity contribution is 5.88. The molecular weight excluding hydrogens is 246 g/mol. The topological polar surface area (TPSA) is 66.8 Å². The van der Waals surface area contributed by atoms with E-state index >= 15 is 0 Å². The van der Waals surface area contributed by atoms with Crippen molar-refractivity contribution >= 4 is 12.1 Å². The molecule has 0 aliphatic carbocycles. The highest BCUT2D eigenvalue weighted by Crippen LogP contribution is 2.33. The average molecular weight is 263 g/mol. The predicted octanol–water partition coefficient (Wildman–Crippen LogP) is 2.46. The number of carbonyl (C=O) groups is 2. The van der Waals surface area contributed by atoms with Crippen molar-refractivity contribution in [3.63, 3.8) is 0 Å².